The molecule has 0 amide bonds. The van der Waals surface area contributed by atoms with Crippen molar-refractivity contribution in [3.63, 3.8) is 0 Å². The van der Waals surface area contributed by atoms with Crippen molar-refractivity contribution in [2.75, 3.05) is 4.90 Å². The van der Waals surface area contributed by atoms with E-state index in [4.69, 9.17) is 0 Å². The summed E-state index contributed by atoms with van der Waals surface area (Å²) in [6, 6.07) is 76.2. The molecule has 0 heterocycles. The summed E-state index contributed by atoms with van der Waals surface area (Å²) in [7, 11) is 0. The molecule has 9 aromatic rings. The fraction of sp³-hybridized carbons (Fsp3) is 0. The predicted molar refractivity (Wildman–Crippen MR) is 228 cm³/mol. The highest BCUT2D eigenvalue weighted by atomic mass is 15.1. The molecule has 0 aromatic heterocycles. The van der Waals surface area contributed by atoms with Crippen LogP contribution >= 0.6 is 0 Å². The Bertz CT molecular complexity index is 2560. The molecule has 0 spiro atoms. The lowest BCUT2D eigenvalue weighted by atomic mass is 9.86. The monoisotopic (exact) mass is 675 g/mol. The summed E-state index contributed by atoms with van der Waals surface area (Å²) in [6.45, 7) is 0. The molecule has 0 radical (unpaired) electrons. The van der Waals surface area contributed by atoms with E-state index in [9.17, 15) is 0 Å². The minimum atomic E-state index is 1.12. The van der Waals surface area contributed by atoms with Gasteiger partial charge < -0.3 is 4.90 Å². The molecule has 0 aliphatic rings. The largest absolute Gasteiger partial charge is 0.311 e. The van der Waals surface area contributed by atoms with Gasteiger partial charge in [-0.3, -0.25) is 0 Å². The van der Waals surface area contributed by atoms with Gasteiger partial charge in [-0.2, -0.15) is 0 Å². The first-order chi connectivity index (χ1) is 26.3. The third-order valence-corrected chi connectivity index (χ3v) is 10.1. The van der Waals surface area contributed by atoms with Crippen molar-refractivity contribution >= 4 is 50.8 Å². The van der Waals surface area contributed by atoms with Crippen LogP contribution in [0, 0.1) is 0 Å². The normalized spacial score (nSPS) is 11.3. The summed E-state index contributed by atoms with van der Waals surface area (Å²) < 4.78 is 0. The summed E-state index contributed by atoms with van der Waals surface area (Å²) in [5.41, 5.74) is 13.1. The highest BCUT2D eigenvalue weighted by Crippen LogP contribution is 2.44. The Morgan fingerprint density at radius 1 is 0.245 bits per heavy atom. The van der Waals surface area contributed by atoms with Crippen LogP contribution in [0.2, 0.25) is 0 Å². The molecular weight excluding hydrogens is 639 g/mol. The van der Waals surface area contributed by atoms with E-state index >= 15 is 0 Å². The summed E-state index contributed by atoms with van der Waals surface area (Å²) in [6.07, 6.45) is 4.38. The van der Waals surface area contributed by atoms with Gasteiger partial charge in [0.15, 0.2) is 0 Å². The molecular formula is C52H37N. The maximum atomic E-state index is 2.31. The molecule has 9 aromatic carbocycles. The van der Waals surface area contributed by atoms with E-state index < -0.39 is 0 Å². The average Bonchev–Trinajstić information content (AvgIpc) is 3.24. The van der Waals surface area contributed by atoms with Gasteiger partial charge in [0.05, 0.1) is 0 Å². The van der Waals surface area contributed by atoms with Gasteiger partial charge in [-0.15, -0.1) is 0 Å². The molecule has 0 N–H and O–H groups in total. The highest BCUT2D eigenvalue weighted by molar-refractivity contribution is 6.21. The molecule has 1 nitrogen and oxygen atoms in total. The second-order valence-corrected chi connectivity index (χ2v) is 13.3. The van der Waals surface area contributed by atoms with Gasteiger partial charge in [-0.05, 0) is 102 Å². The molecule has 250 valence electrons. The van der Waals surface area contributed by atoms with E-state index in [1.165, 1.54) is 66.1 Å². The zero-order valence-corrected chi connectivity index (χ0v) is 29.3. The van der Waals surface area contributed by atoms with Gasteiger partial charge in [-0.1, -0.05) is 188 Å². The fourth-order valence-electron chi connectivity index (χ4n) is 7.50. The number of anilines is 3. The first-order valence-corrected chi connectivity index (χ1v) is 18.2. The molecule has 0 bridgehead atoms. The van der Waals surface area contributed by atoms with Crippen molar-refractivity contribution in [1.29, 1.82) is 0 Å². The van der Waals surface area contributed by atoms with Gasteiger partial charge in [0.1, 0.15) is 0 Å². The van der Waals surface area contributed by atoms with Crippen molar-refractivity contribution in [2.24, 2.45) is 0 Å². The Hall–Kier alpha value is -6.96. The van der Waals surface area contributed by atoms with E-state index in [1.807, 2.05) is 0 Å². The van der Waals surface area contributed by atoms with Crippen LogP contribution in [0.1, 0.15) is 11.1 Å². The zero-order valence-electron chi connectivity index (χ0n) is 29.3. The second kappa shape index (κ2) is 14.3. The third-order valence-electron chi connectivity index (χ3n) is 10.1. The SMILES string of the molecule is C(=C\c1ccc(-c2c3ccccc3c(-c3ccc(N(c4ccccc4)c4ccccc4)cc3)c3ccccc23)cc1)/c1ccc(-c2ccccc2)cc1. The quantitative estimate of drug-likeness (QED) is 0.114. The van der Waals surface area contributed by atoms with Crippen LogP contribution in [0.4, 0.5) is 17.1 Å². The number of benzene rings is 9. The number of rotatable bonds is 8. The van der Waals surface area contributed by atoms with Crippen LogP contribution in [0.25, 0.3) is 67.1 Å². The van der Waals surface area contributed by atoms with Crippen molar-refractivity contribution in [2.45, 2.75) is 0 Å². The lowest BCUT2D eigenvalue weighted by Gasteiger charge is -2.25. The van der Waals surface area contributed by atoms with Crippen LogP contribution in [-0.4, -0.2) is 0 Å². The maximum absolute atomic E-state index is 2.31. The Labute approximate surface area is 311 Å². The van der Waals surface area contributed by atoms with E-state index in [2.05, 4.69) is 229 Å². The van der Waals surface area contributed by atoms with Crippen LogP contribution in [-0.2, 0) is 0 Å². The van der Waals surface area contributed by atoms with E-state index in [1.54, 1.807) is 0 Å². The Morgan fingerprint density at radius 3 is 0.962 bits per heavy atom. The summed E-state index contributed by atoms with van der Waals surface area (Å²) in [5.74, 6) is 0. The minimum Gasteiger partial charge on any atom is -0.311 e. The number of hydrogen-bond acceptors (Lipinski definition) is 1. The summed E-state index contributed by atoms with van der Waals surface area (Å²) in [5, 5.41) is 5.00. The van der Waals surface area contributed by atoms with Crippen molar-refractivity contribution in [3.8, 4) is 33.4 Å². The van der Waals surface area contributed by atoms with Gasteiger partial charge in [-0.25, -0.2) is 0 Å². The molecule has 0 atom stereocenters. The van der Waals surface area contributed by atoms with E-state index in [0.29, 0.717) is 0 Å². The molecule has 0 unspecified atom stereocenters. The number of fused-ring (bicyclic) bond motifs is 2. The van der Waals surface area contributed by atoms with Gasteiger partial charge >= 0.3 is 0 Å². The summed E-state index contributed by atoms with van der Waals surface area (Å²) >= 11 is 0. The Balaban J connectivity index is 1.07. The van der Waals surface area contributed by atoms with Gasteiger partial charge in [0, 0.05) is 17.1 Å². The molecule has 53 heavy (non-hydrogen) atoms. The van der Waals surface area contributed by atoms with Crippen molar-refractivity contribution < 1.29 is 0 Å². The van der Waals surface area contributed by atoms with Crippen LogP contribution in [0.3, 0.4) is 0 Å². The lowest BCUT2D eigenvalue weighted by molar-refractivity contribution is 1.28. The minimum absolute atomic E-state index is 1.12. The van der Waals surface area contributed by atoms with Crippen LogP contribution < -0.4 is 4.90 Å². The average molecular weight is 676 g/mol. The molecule has 0 saturated carbocycles. The number of hydrogen-bond donors (Lipinski definition) is 0. The van der Waals surface area contributed by atoms with Crippen molar-refractivity contribution in [1.82, 2.24) is 0 Å². The first-order valence-electron chi connectivity index (χ1n) is 18.2. The molecule has 0 fully saturated rings. The van der Waals surface area contributed by atoms with Crippen molar-refractivity contribution in [3.05, 3.63) is 223 Å². The van der Waals surface area contributed by atoms with Gasteiger partial charge in [0.2, 0.25) is 0 Å². The molecule has 0 aliphatic carbocycles. The van der Waals surface area contributed by atoms with Crippen LogP contribution in [0.5, 0.6) is 0 Å². The predicted octanol–water partition coefficient (Wildman–Crippen LogP) is 14.6. The van der Waals surface area contributed by atoms with Crippen LogP contribution in [0.15, 0.2) is 212 Å². The standard InChI is InChI=1S/C52H37N/c1-4-14-40(15-5-1)41-30-26-38(27-31-41)24-25-39-28-32-42(33-29-39)51-47-20-10-12-22-49(47)52(50-23-13-11-21-48(50)51)43-34-36-46(37-35-43)53(44-16-6-2-7-17-44)45-18-8-3-9-19-45/h1-37H/b25-24+. The third kappa shape index (κ3) is 6.42. The molecule has 0 aliphatic heterocycles. The lowest BCUT2D eigenvalue weighted by Crippen LogP contribution is -2.09. The topological polar surface area (TPSA) is 3.24 Å². The van der Waals surface area contributed by atoms with Gasteiger partial charge in [0.25, 0.3) is 0 Å². The maximum Gasteiger partial charge on any atom is 0.0462 e. The second-order valence-electron chi connectivity index (χ2n) is 13.3. The van der Waals surface area contributed by atoms with E-state index in [0.717, 1.165) is 17.1 Å². The fourth-order valence-corrected chi connectivity index (χ4v) is 7.50. The number of nitrogens with zero attached hydrogens (tertiary/aromatic N) is 1. The summed E-state index contributed by atoms with van der Waals surface area (Å²) in [4.78, 5) is 2.31. The smallest absolute Gasteiger partial charge is 0.0462 e. The Kier molecular flexibility index (Phi) is 8.66. The number of para-hydroxylation sites is 2. The molecule has 1 heteroatoms. The molecule has 9 rings (SSSR count). The molecule has 0 saturated heterocycles. The van der Waals surface area contributed by atoms with E-state index in [-0.39, 0.29) is 0 Å². The highest BCUT2D eigenvalue weighted by Gasteiger charge is 2.17. The Morgan fingerprint density at radius 2 is 0.547 bits per heavy atom. The first kappa shape index (κ1) is 32.0. The zero-order chi connectivity index (χ0) is 35.4.